The summed E-state index contributed by atoms with van der Waals surface area (Å²) < 4.78 is 11.6. The predicted octanol–water partition coefficient (Wildman–Crippen LogP) is 2.37. The van der Waals surface area contributed by atoms with Gasteiger partial charge in [-0.25, -0.2) is 4.79 Å². The first-order valence-electron chi connectivity index (χ1n) is 8.87. The fraction of sp³-hybridized carbons (Fsp3) is 0.632. The Kier molecular flexibility index (Phi) is 8.02. The molecule has 0 radical (unpaired) electrons. The molecule has 7 nitrogen and oxygen atoms in total. The number of esters is 1. The summed E-state index contributed by atoms with van der Waals surface area (Å²) in [6, 6.07) is -0.645. The molecule has 1 rings (SSSR count). The van der Waals surface area contributed by atoms with Crippen LogP contribution in [-0.4, -0.2) is 60.5 Å². The van der Waals surface area contributed by atoms with Gasteiger partial charge >= 0.3 is 5.97 Å². The number of Topliss-reactive ketones (excluding diaryl/α,β-unsaturated/α-hetero) is 1. The lowest BCUT2D eigenvalue weighted by Crippen LogP contribution is -2.45. The highest BCUT2D eigenvalue weighted by Crippen LogP contribution is 2.25. The Balaban J connectivity index is 3.37. The fourth-order valence-corrected chi connectivity index (χ4v) is 3.35. The molecule has 0 bridgehead atoms. The first-order valence-corrected chi connectivity index (χ1v) is 8.87. The number of carbonyl (C=O) groups is 3. The molecule has 1 amide bonds. The van der Waals surface area contributed by atoms with Gasteiger partial charge in [-0.15, -0.1) is 0 Å². The van der Waals surface area contributed by atoms with E-state index in [1.165, 1.54) is 19.1 Å². The van der Waals surface area contributed by atoms with E-state index < -0.39 is 12.0 Å². The van der Waals surface area contributed by atoms with Crippen LogP contribution in [0.2, 0.25) is 0 Å². The summed E-state index contributed by atoms with van der Waals surface area (Å²) in [6.07, 6.45) is 0.731. The minimum atomic E-state index is -0.645. The third-order valence-electron chi connectivity index (χ3n) is 4.61. The quantitative estimate of drug-likeness (QED) is 0.495. The first kappa shape index (κ1) is 21.9. The van der Waals surface area contributed by atoms with Gasteiger partial charge in [0.25, 0.3) is 0 Å². The number of rotatable bonds is 9. The van der Waals surface area contributed by atoms with Gasteiger partial charge in [-0.3, -0.25) is 9.59 Å². The summed E-state index contributed by atoms with van der Waals surface area (Å²) in [5, 5.41) is 0. The van der Waals surface area contributed by atoms with Crippen molar-refractivity contribution in [2.45, 2.75) is 53.6 Å². The lowest BCUT2D eigenvalue weighted by Gasteiger charge is -2.28. The van der Waals surface area contributed by atoms with Crippen molar-refractivity contribution in [3.63, 3.8) is 0 Å². The zero-order valence-corrected chi connectivity index (χ0v) is 16.8. The molecule has 0 aliphatic rings. The molecule has 1 unspecified atom stereocenters. The normalized spacial score (nSPS) is 12.0. The Morgan fingerprint density at radius 1 is 1.15 bits per heavy atom. The van der Waals surface area contributed by atoms with Gasteiger partial charge in [0.2, 0.25) is 5.91 Å². The van der Waals surface area contributed by atoms with E-state index in [0.29, 0.717) is 35.6 Å². The van der Waals surface area contributed by atoms with Gasteiger partial charge in [0.05, 0.1) is 13.2 Å². The number of aromatic nitrogens is 1. The number of carbonyl (C=O) groups excluding carboxylic acids is 3. The van der Waals surface area contributed by atoms with E-state index in [1.54, 1.807) is 18.4 Å². The van der Waals surface area contributed by atoms with Crippen molar-refractivity contribution in [3.8, 4) is 0 Å². The van der Waals surface area contributed by atoms with Gasteiger partial charge in [0.1, 0.15) is 12.3 Å². The molecule has 1 aromatic rings. The molecule has 26 heavy (non-hydrogen) atoms. The van der Waals surface area contributed by atoms with Crippen LogP contribution in [0, 0.1) is 13.8 Å². The Morgan fingerprint density at radius 2 is 1.77 bits per heavy atom. The maximum atomic E-state index is 13.2. The number of ketones is 1. The number of amides is 1. The summed E-state index contributed by atoms with van der Waals surface area (Å²) in [6.45, 7) is 10.1. The number of nitrogens with zero attached hydrogens (tertiary/aromatic N) is 2. The molecule has 0 saturated heterocycles. The van der Waals surface area contributed by atoms with Crippen molar-refractivity contribution < 1.29 is 23.9 Å². The molecule has 0 saturated carbocycles. The number of methoxy groups -OCH3 is 2. The maximum Gasteiger partial charge on any atom is 0.354 e. The van der Waals surface area contributed by atoms with Crippen molar-refractivity contribution in [3.05, 3.63) is 22.5 Å². The van der Waals surface area contributed by atoms with Crippen LogP contribution >= 0.6 is 0 Å². The molecule has 0 aromatic carbocycles. The van der Waals surface area contributed by atoms with E-state index in [1.807, 2.05) is 20.8 Å². The smallest absolute Gasteiger partial charge is 0.354 e. The van der Waals surface area contributed by atoms with E-state index in [9.17, 15) is 14.4 Å². The summed E-state index contributed by atoms with van der Waals surface area (Å²) in [5.41, 5.74) is 2.15. The highest BCUT2D eigenvalue weighted by molar-refractivity contribution is 6.06. The second-order valence-electron chi connectivity index (χ2n) is 6.23. The molecular formula is C19H30N2O5. The van der Waals surface area contributed by atoms with Gasteiger partial charge in [-0.05, 0) is 39.7 Å². The Morgan fingerprint density at radius 3 is 2.23 bits per heavy atom. The molecule has 0 spiro atoms. The molecular weight excluding hydrogens is 336 g/mol. The summed E-state index contributed by atoms with van der Waals surface area (Å²) in [4.78, 5) is 39.2. The standard InChI is InChI=1S/C19H30N2O5/c1-8-10-21(15(22)11-25-6)14(5)18(23)16-12(3)17(19(24)26-7)20(9-2)13(16)4/h14H,8-11H2,1-7H3. The van der Waals surface area contributed by atoms with Gasteiger partial charge in [-0.2, -0.15) is 0 Å². The fourth-order valence-electron chi connectivity index (χ4n) is 3.35. The van der Waals surface area contributed by atoms with Crippen molar-refractivity contribution >= 4 is 17.7 Å². The SMILES string of the molecule is CCCN(C(=O)COC)C(C)C(=O)c1c(C)c(C(=O)OC)n(CC)c1C. The predicted molar refractivity (Wildman–Crippen MR) is 98.6 cm³/mol. The van der Waals surface area contributed by atoms with Crippen LogP contribution in [0.5, 0.6) is 0 Å². The second kappa shape index (κ2) is 9.52. The summed E-state index contributed by atoms with van der Waals surface area (Å²) in [5.74, 6) is -0.885. The largest absolute Gasteiger partial charge is 0.464 e. The Bertz CT molecular complexity index is 678. The van der Waals surface area contributed by atoms with E-state index in [4.69, 9.17) is 9.47 Å². The van der Waals surface area contributed by atoms with Crippen LogP contribution in [0.4, 0.5) is 0 Å². The molecule has 1 aromatic heterocycles. The average molecular weight is 366 g/mol. The van der Waals surface area contributed by atoms with Crippen LogP contribution < -0.4 is 0 Å². The zero-order chi connectivity index (χ0) is 20.0. The van der Waals surface area contributed by atoms with Gasteiger partial charge in [0, 0.05) is 31.5 Å². The van der Waals surface area contributed by atoms with Crippen LogP contribution in [0.1, 0.15) is 59.3 Å². The summed E-state index contributed by atoms with van der Waals surface area (Å²) >= 11 is 0. The monoisotopic (exact) mass is 366 g/mol. The Labute approximate surface area is 155 Å². The lowest BCUT2D eigenvalue weighted by molar-refractivity contribution is -0.136. The van der Waals surface area contributed by atoms with Gasteiger partial charge < -0.3 is 18.9 Å². The molecule has 146 valence electrons. The number of hydrogen-bond acceptors (Lipinski definition) is 5. The van der Waals surface area contributed by atoms with E-state index in [-0.39, 0.29) is 18.3 Å². The first-order chi connectivity index (χ1) is 12.3. The average Bonchev–Trinajstić information content (AvgIpc) is 2.87. The molecule has 0 N–H and O–H groups in total. The molecule has 0 aliphatic heterocycles. The zero-order valence-electron chi connectivity index (χ0n) is 16.8. The minimum Gasteiger partial charge on any atom is -0.464 e. The highest BCUT2D eigenvalue weighted by atomic mass is 16.5. The molecule has 1 heterocycles. The van der Waals surface area contributed by atoms with Crippen molar-refractivity contribution in [2.75, 3.05) is 27.4 Å². The summed E-state index contributed by atoms with van der Waals surface area (Å²) in [7, 11) is 2.77. The second-order valence-corrected chi connectivity index (χ2v) is 6.23. The molecule has 0 aliphatic carbocycles. The lowest BCUT2D eigenvalue weighted by atomic mass is 9.99. The highest BCUT2D eigenvalue weighted by Gasteiger charge is 2.32. The van der Waals surface area contributed by atoms with Crippen LogP contribution in [0.25, 0.3) is 0 Å². The molecule has 7 heteroatoms. The van der Waals surface area contributed by atoms with Crippen molar-refractivity contribution in [1.29, 1.82) is 0 Å². The number of hydrogen-bond donors (Lipinski definition) is 0. The van der Waals surface area contributed by atoms with Crippen LogP contribution in [-0.2, 0) is 20.8 Å². The maximum absolute atomic E-state index is 13.2. The van der Waals surface area contributed by atoms with E-state index >= 15 is 0 Å². The number of ether oxygens (including phenoxy) is 2. The van der Waals surface area contributed by atoms with Gasteiger partial charge in [-0.1, -0.05) is 6.92 Å². The van der Waals surface area contributed by atoms with Crippen molar-refractivity contribution in [2.24, 2.45) is 0 Å². The third kappa shape index (κ3) is 4.15. The molecule has 0 fully saturated rings. The topological polar surface area (TPSA) is 77.8 Å². The minimum absolute atomic E-state index is 0.0705. The van der Waals surface area contributed by atoms with Crippen LogP contribution in [0.15, 0.2) is 0 Å². The Hall–Kier alpha value is -2.15. The van der Waals surface area contributed by atoms with E-state index in [2.05, 4.69) is 0 Å². The van der Waals surface area contributed by atoms with Gasteiger partial charge in [0.15, 0.2) is 5.78 Å². The van der Waals surface area contributed by atoms with E-state index in [0.717, 1.165) is 6.42 Å². The van der Waals surface area contributed by atoms with Crippen LogP contribution in [0.3, 0.4) is 0 Å². The van der Waals surface area contributed by atoms with Crippen molar-refractivity contribution in [1.82, 2.24) is 9.47 Å². The molecule has 1 atom stereocenters. The third-order valence-corrected chi connectivity index (χ3v) is 4.61.